The third-order valence-electron chi connectivity index (χ3n) is 4.05. The minimum absolute atomic E-state index is 0.0632. The predicted molar refractivity (Wildman–Crippen MR) is 98.3 cm³/mol. The first kappa shape index (κ1) is 17.2. The van der Waals surface area contributed by atoms with E-state index in [2.05, 4.69) is 28.7 Å². The van der Waals surface area contributed by atoms with Gasteiger partial charge in [-0.1, -0.05) is 25.4 Å². The van der Waals surface area contributed by atoms with E-state index in [1.807, 2.05) is 17.9 Å². The summed E-state index contributed by atoms with van der Waals surface area (Å²) in [6.07, 6.45) is 0. The van der Waals surface area contributed by atoms with Gasteiger partial charge in [0, 0.05) is 43.9 Å². The first-order chi connectivity index (χ1) is 11.4. The molecular formula is C17H21ClN4OS. The lowest BCUT2D eigenvalue weighted by Gasteiger charge is -2.35. The van der Waals surface area contributed by atoms with E-state index >= 15 is 0 Å². The van der Waals surface area contributed by atoms with E-state index < -0.39 is 0 Å². The molecule has 0 radical (unpaired) electrons. The van der Waals surface area contributed by atoms with Crippen molar-refractivity contribution in [2.45, 2.75) is 26.7 Å². The zero-order valence-corrected chi connectivity index (χ0v) is 15.7. The number of aromatic nitrogens is 2. The van der Waals surface area contributed by atoms with E-state index in [4.69, 9.17) is 11.6 Å². The number of piperazine rings is 1. The van der Waals surface area contributed by atoms with Crippen molar-refractivity contribution in [2.75, 3.05) is 31.1 Å². The van der Waals surface area contributed by atoms with Crippen molar-refractivity contribution >= 4 is 34.7 Å². The molecule has 0 aromatic carbocycles. The molecule has 0 aliphatic carbocycles. The van der Waals surface area contributed by atoms with Crippen LogP contribution in [0, 0.1) is 6.92 Å². The van der Waals surface area contributed by atoms with Crippen LogP contribution < -0.4 is 4.90 Å². The summed E-state index contributed by atoms with van der Waals surface area (Å²) in [7, 11) is 0. The molecule has 3 heterocycles. The maximum Gasteiger partial charge on any atom is 0.264 e. The predicted octanol–water partition coefficient (Wildman–Crippen LogP) is 3.59. The van der Waals surface area contributed by atoms with Crippen molar-refractivity contribution < 1.29 is 4.79 Å². The summed E-state index contributed by atoms with van der Waals surface area (Å²) in [6.45, 7) is 9.13. The molecule has 3 rings (SSSR count). The molecule has 0 saturated carbocycles. The van der Waals surface area contributed by atoms with Crippen LogP contribution in [0.1, 0.15) is 41.0 Å². The second-order valence-electron chi connectivity index (χ2n) is 6.26. The highest BCUT2D eigenvalue weighted by Crippen LogP contribution is 2.24. The van der Waals surface area contributed by atoms with Gasteiger partial charge < -0.3 is 9.80 Å². The maximum atomic E-state index is 12.5. The van der Waals surface area contributed by atoms with E-state index in [9.17, 15) is 4.79 Å². The average Bonchev–Trinajstić information content (AvgIpc) is 3.00. The lowest BCUT2D eigenvalue weighted by Crippen LogP contribution is -2.49. The van der Waals surface area contributed by atoms with E-state index in [1.54, 1.807) is 12.1 Å². The van der Waals surface area contributed by atoms with Crippen molar-refractivity contribution in [3.8, 4) is 0 Å². The number of rotatable bonds is 3. The zero-order chi connectivity index (χ0) is 17.3. The number of thiophene rings is 1. The van der Waals surface area contributed by atoms with E-state index in [0.29, 0.717) is 28.2 Å². The van der Waals surface area contributed by atoms with Crippen LogP contribution in [0.3, 0.4) is 0 Å². The standard InChI is InChI=1S/C17H21ClN4OS/c1-11(2)16-19-12(3)10-15(20-16)21-6-8-22(9-7-21)17(23)13-4-5-14(18)24-13/h4-5,10-11H,6-9H2,1-3H3. The number of hydrogen-bond acceptors (Lipinski definition) is 5. The fourth-order valence-electron chi connectivity index (χ4n) is 2.72. The summed E-state index contributed by atoms with van der Waals surface area (Å²) in [6, 6.07) is 5.58. The van der Waals surface area contributed by atoms with Gasteiger partial charge in [-0.15, -0.1) is 11.3 Å². The number of carbonyl (C=O) groups excluding carboxylic acids is 1. The van der Waals surface area contributed by atoms with Gasteiger partial charge in [-0.05, 0) is 19.1 Å². The largest absolute Gasteiger partial charge is 0.353 e. The van der Waals surface area contributed by atoms with Crippen molar-refractivity contribution in [3.63, 3.8) is 0 Å². The zero-order valence-electron chi connectivity index (χ0n) is 14.1. The molecule has 5 nitrogen and oxygen atoms in total. The Morgan fingerprint density at radius 2 is 1.92 bits per heavy atom. The van der Waals surface area contributed by atoms with Gasteiger partial charge in [0.2, 0.25) is 0 Å². The molecule has 0 spiro atoms. The highest BCUT2D eigenvalue weighted by molar-refractivity contribution is 7.17. The Morgan fingerprint density at radius 3 is 2.50 bits per heavy atom. The van der Waals surface area contributed by atoms with Crippen LogP contribution >= 0.6 is 22.9 Å². The lowest BCUT2D eigenvalue weighted by molar-refractivity contribution is 0.0751. The summed E-state index contributed by atoms with van der Waals surface area (Å²) in [5, 5.41) is 0. The smallest absolute Gasteiger partial charge is 0.264 e. The molecule has 1 amide bonds. The molecule has 0 bridgehead atoms. The summed E-state index contributed by atoms with van der Waals surface area (Å²) in [5.41, 5.74) is 0.982. The van der Waals surface area contributed by atoms with Crippen molar-refractivity contribution in [3.05, 3.63) is 38.9 Å². The summed E-state index contributed by atoms with van der Waals surface area (Å²) in [4.78, 5) is 26.5. The fraction of sp³-hybridized carbons (Fsp3) is 0.471. The van der Waals surface area contributed by atoms with Crippen molar-refractivity contribution in [1.29, 1.82) is 0 Å². The monoisotopic (exact) mass is 364 g/mol. The Labute approximate surface area is 151 Å². The molecule has 2 aromatic heterocycles. The lowest BCUT2D eigenvalue weighted by atomic mass is 10.2. The van der Waals surface area contributed by atoms with Crippen LogP contribution in [0.2, 0.25) is 4.34 Å². The van der Waals surface area contributed by atoms with Crippen LogP contribution in [0.15, 0.2) is 18.2 Å². The number of aryl methyl sites for hydroxylation is 1. The molecule has 1 aliphatic heterocycles. The summed E-state index contributed by atoms with van der Waals surface area (Å²) >= 11 is 7.26. The van der Waals surface area contributed by atoms with E-state index in [0.717, 1.165) is 30.4 Å². The van der Waals surface area contributed by atoms with Gasteiger partial charge in [0.15, 0.2) is 0 Å². The Bertz CT molecular complexity index is 738. The van der Waals surface area contributed by atoms with Crippen LogP contribution in [0.25, 0.3) is 0 Å². The molecule has 0 N–H and O–H groups in total. The SMILES string of the molecule is Cc1cc(N2CCN(C(=O)c3ccc(Cl)s3)CC2)nc(C(C)C)n1. The number of amides is 1. The number of carbonyl (C=O) groups is 1. The van der Waals surface area contributed by atoms with Gasteiger partial charge in [-0.3, -0.25) is 4.79 Å². The molecule has 2 aromatic rings. The highest BCUT2D eigenvalue weighted by Gasteiger charge is 2.24. The van der Waals surface area contributed by atoms with Crippen molar-refractivity contribution in [2.24, 2.45) is 0 Å². The second-order valence-corrected chi connectivity index (χ2v) is 7.98. The number of anilines is 1. The third kappa shape index (κ3) is 3.70. The Balaban J connectivity index is 1.68. The molecular weight excluding hydrogens is 344 g/mol. The Hall–Kier alpha value is -1.66. The molecule has 0 unspecified atom stereocenters. The average molecular weight is 365 g/mol. The van der Waals surface area contributed by atoms with Gasteiger partial charge in [-0.2, -0.15) is 0 Å². The first-order valence-electron chi connectivity index (χ1n) is 8.09. The van der Waals surface area contributed by atoms with Gasteiger partial charge >= 0.3 is 0 Å². The molecule has 128 valence electrons. The normalized spacial score (nSPS) is 15.2. The molecule has 7 heteroatoms. The Kier molecular flexibility index (Phi) is 5.06. The van der Waals surface area contributed by atoms with Gasteiger partial charge in [-0.25, -0.2) is 9.97 Å². The third-order valence-corrected chi connectivity index (χ3v) is 5.27. The second kappa shape index (κ2) is 7.07. The van der Waals surface area contributed by atoms with Crippen LogP contribution in [-0.4, -0.2) is 47.0 Å². The summed E-state index contributed by atoms with van der Waals surface area (Å²) in [5.74, 6) is 2.19. The quantitative estimate of drug-likeness (QED) is 0.835. The van der Waals surface area contributed by atoms with Gasteiger partial charge in [0.25, 0.3) is 5.91 Å². The number of halogens is 1. The molecule has 1 aliphatic rings. The van der Waals surface area contributed by atoms with E-state index in [1.165, 1.54) is 11.3 Å². The van der Waals surface area contributed by atoms with Crippen LogP contribution in [0.4, 0.5) is 5.82 Å². The first-order valence-corrected chi connectivity index (χ1v) is 9.28. The Morgan fingerprint density at radius 1 is 1.21 bits per heavy atom. The van der Waals surface area contributed by atoms with Crippen LogP contribution in [-0.2, 0) is 0 Å². The number of hydrogen-bond donors (Lipinski definition) is 0. The van der Waals surface area contributed by atoms with E-state index in [-0.39, 0.29) is 5.91 Å². The molecule has 1 fully saturated rings. The minimum Gasteiger partial charge on any atom is -0.353 e. The molecule has 1 saturated heterocycles. The van der Waals surface area contributed by atoms with Gasteiger partial charge in [0.05, 0.1) is 9.21 Å². The maximum absolute atomic E-state index is 12.5. The highest BCUT2D eigenvalue weighted by atomic mass is 35.5. The minimum atomic E-state index is 0.0632. The summed E-state index contributed by atoms with van der Waals surface area (Å²) < 4.78 is 0.648. The number of nitrogens with zero attached hydrogens (tertiary/aromatic N) is 4. The van der Waals surface area contributed by atoms with Crippen molar-refractivity contribution in [1.82, 2.24) is 14.9 Å². The van der Waals surface area contributed by atoms with Gasteiger partial charge in [0.1, 0.15) is 11.6 Å². The fourth-order valence-corrected chi connectivity index (χ4v) is 3.73. The molecule has 0 atom stereocenters. The topological polar surface area (TPSA) is 49.3 Å². The molecule has 24 heavy (non-hydrogen) atoms. The van der Waals surface area contributed by atoms with Crippen LogP contribution in [0.5, 0.6) is 0 Å².